The summed E-state index contributed by atoms with van der Waals surface area (Å²) in [6.07, 6.45) is 0. The molecule has 1 heterocycles. The van der Waals surface area contributed by atoms with Gasteiger partial charge in [0.2, 0.25) is 0 Å². The topological polar surface area (TPSA) is 55.6 Å². The van der Waals surface area contributed by atoms with Crippen LogP contribution in [0.5, 0.6) is 5.75 Å². The van der Waals surface area contributed by atoms with Crippen LogP contribution in [0.1, 0.15) is 17.3 Å². The molecule has 1 aliphatic rings. The van der Waals surface area contributed by atoms with Crippen LogP contribution in [0.4, 0.5) is 5.69 Å². The fraction of sp³-hybridized carbons (Fsp3) is 0.364. The number of nitrogens with zero attached hydrogens (tertiary/aromatic N) is 1. The van der Waals surface area contributed by atoms with Crippen molar-refractivity contribution in [3.63, 3.8) is 0 Å². The number of likely N-dealkylation sites (N-methyl/N-ethyl adjacent to an activating group) is 1. The number of hydrogen-bond donors (Lipinski definition) is 1. The second-order valence-electron chi connectivity index (χ2n) is 3.83. The highest BCUT2D eigenvalue weighted by Gasteiger charge is 2.25. The Morgan fingerprint density at radius 2 is 2.27 bits per heavy atom. The van der Waals surface area contributed by atoms with Crippen molar-refractivity contribution in [1.82, 2.24) is 4.90 Å². The second-order valence-corrected chi connectivity index (χ2v) is 3.83. The van der Waals surface area contributed by atoms with Gasteiger partial charge in [0.15, 0.2) is 0 Å². The molecule has 4 heteroatoms. The molecule has 0 bridgehead atoms. The first-order valence-corrected chi connectivity index (χ1v) is 4.89. The molecule has 80 valence electrons. The summed E-state index contributed by atoms with van der Waals surface area (Å²) in [4.78, 5) is 13.7. The minimum Gasteiger partial charge on any atom is -0.491 e. The molecule has 2 rings (SSSR count). The zero-order valence-electron chi connectivity index (χ0n) is 8.86. The van der Waals surface area contributed by atoms with Crippen LogP contribution in [-0.2, 0) is 0 Å². The average molecular weight is 206 g/mol. The van der Waals surface area contributed by atoms with Gasteiger partial charge in [0, 0.05) is 12.7 Å². The van der Waals surface area contributed by atoms with E-state index in [1.807, 2.05) is 6.92 Å². The van der Waals surface area contributed by atoms with Crippen LogP contribution in [0.15, 0.2) is 18.2 Å². The highest BCUT2D eigenvalue weighted by atomic mass is 16.5. The van der Waals surface area contributed by atoms with Crippen molar-refractivity contribution in [3.05, 3.63) is 23.8 Å². The zero-order valence-corrected chi connectivity index (χ0v) is 8.86. The molecule has 0 saturated carbocycles. The van der Waals surface area contributed by atoms with Crippen LogP contribution < -0.4 is 10.5 Å². The number of benzene rings is 1. The van der Waals surface area contributed by atoms with Crippen LogP contribution in [0.2, 0.25) is 0 Å². The molecule has 1 aromatic carbocycles. The molecule has 1 aromatic rings. The van der Waals surface area contributed by atoms with Crippen molar-refractivity contribution < 1.29 is 9.53 Å². The standard InChI is InChI=1S/C11H14N2O2/c1-7-6-15-10-4-3-8(12)5-9(10)11(14)13(7)2/h3-5,7H,6,12H2,1-2H3. The normalized spacial score (nSPS) is 20.5. The number of carbonyl (C=O) groups excluding carboxylic acids is 1. The smallest absolute Gasteiger partial charge is 0.257 e. The molecule has 0 fully saturated rings. The Labute approximate surface area is 88.6 Å². The van der Waals surface area contributed by atoms with Crippen molar-refractivity contribution in [2.45, 2.75) is 13.0 Å². The summed E-state index contributed by atoms with van der Waals surface area (Å²) in [5, 5.41) is 0. The Kier molecular flexibility index (Phi) is 2.26. The number of fused-ring (bicyclic) bond motifs is 1. The maximum Gasteiger partial charge on any atom is 0.257 e. The maximum atomic E-state index is 12.0. The molecule has 1 unspecified atom stereocenters. The first-order valence-electron chi connectivity index (χ1n) is 4.89. The van der Waals surface area contributed by atoms with Crippen LogP contribution in [0, 0.1) is 0 Å². The van der Waals surface area contributed by atoms with Gasteiger partial charge in [-0.15, -0.1) is 0 Å². The highest BCUT2D eigenvalue weighted by molar-refractivity contribution is 5.98. The molecule has 1 aliphatic heterocycles. The third-order valence-electron chi connectivity index (χ3n) is 2.70. The van der Waals surface area contributed by atoms with Gasteiger partial charge in [-0.05, 0) is 25.1 Å². The van der Waals surface area contributed by atoms with Gasteiger partial charge < -0.3 is 15.4 Å². The molecule has 1 atom stereocenters. The number of amides is 1. The highest BCUT2D eigenvalue weighted by Crippen LogP contribution is 2.26. The molecule has 4 nitrogen and oxygen atoms in total. The maximum absolute atomic E-state index is 12.0. The van der Waals surface area contributed by atoms with E-state index in [1.54, 1.807) is 30.1 Å². The van der Waals surface area contributed by atoms with Gasteiger partial charge >= 0.3 is 0 Å². The Bertz CT molecular complexity index is 404. The minimum absolute atomic E-state index is 0.0395. The number of nitrogen functional groups attached to an aromatic ring is 1. The van der Waals surface area contributed by atoms with Gasteiger partial charge in [-0.25, -0.2) is 0 Å². The van der Waals surface area contributed by atoms with E-state index >= 15 is 0 Å². The molecule has 0 spiro atoms. The lowest BCUT2D eigenvalue weighted by Gasteiger charge is -2.20. The number of nitrogens with two attached hydrogens (primary N) is 1. The van der Waals surface area contributed by atoms with E-state index in [1.165, 1.54) is 0 Å². The number of rotatable bonds is 0. The van der Waals surface area contributed by atoms with E-state index in [0.29, 0.717) is 23.6 Å². The van der Waals surface area contributed by atoms with Gasteiger partial charge in [-0.2, -0.15) is 0 Å². The second kappa shape index (κ2) is 3.46. The predicted molar refractivity (Wildman–Crippen MR) is 57.9 cm³/mol. The zero-order chi connectivity index (χ0) is 11.0. The number of hydrogen-bond acceptors (Lipinski definition) is 3. The molecule has 0 saturated heterocycles. The molecule has 0 aliphatic carbocycles. The Morgan fingerprint density at radius 3 is 3.00 bits per heavy atom. The van der Waals surface area contributed by atoms with Gasteiger partial charge in [0.1, 0.15) is 12.4 Å². The fourth-order valence-electron chi connectivity index (χ4n) is 1.55. The average Bonchev–Trinajstić information content (AvgIpc) is 2.32. The van der Waals surface area contributed by atoms with Crippen molar-refractivity contribution in [1.29, 1.82) is 0 Å². The molecule has 0 radical (unpaired) electrons. The minimum atomic E-state index is -0.0395. The molecule has 0 aromatic heterocycles. The fourth-order valence-corrected chi connectivity index (χ4v) is 1.55. The van der Waals surface area contributed by atoms with E-state index in [0.717, 1.165) is 0 Å². The molecule has 1 amide bonds. The van der Waals surface area contributed by atoms with E-state index < -0.39 is 0 Å². The summed E-state index contributed by atoms with van der Waals surface area (Å²) in [5.41, 5.74) is 6.77. The Hall–Kier alpha value is -1.71. The van der Waals surface area contributed by atoms with Crippen LogP contribution in [-0.4, -0.2) is 30.5 Å². The first kappa shape index (κ1) is 9.83. The molecule has 2 N–H and O–H groups in total. The van der Waals surface area contributed by atoms with E-state index in [-0.39, 0.29) is 11.9 Å². The van der Waals surface area contributed by atoms with E-state index in [9.17, 15) is 4.79 Å². The van der Waals surface area contributed by atoms with Gasteiger partial charge in [0.05, 0.1) is 11.6 Å². The lowest BCUT2D eigenvalue weighted by Crippen LogP contribution is -2.36. The van der Waals surface area contributed by atoms with Crippen LogP contribution in [0.3, 0.4) is 0 Å². The van der Waals surface area contributed by atoms with Crippen LogP contribution >= 0.6 is 0 Å². The first-order chi connectivity index (χ1) is 7.09. The molecular weight excluding hydrogens is 192 g/mol. The third kappa shape index (κ3) is 1.63. The van der Waals surface area contributed by atoms with Crippen molar-refractivity contribution in [2.75, 3.05) is 19.4 Å². The number of ether oxygens (including phenoxy) is 1. The lowest BCUT2D eigenvalue weighted by atomic mass is 10.1. The quantitative estimate of drug-likeness (QED) is 0.647. The monoisotopic (exact) mass is 206 g/mol. The van der Waals surface area contributed by atoms with E-state index in [4.69, 9.17) is 10.5 Å². The third-order valence-corrected chi connectivity index (χ3v) is 2.70. The van der Waals surface area contributed by atoms with Crippen molar-refractivity contribution >= 4 is 11.6 Å². The summed E-state index contributed by atoms with van der Waals surface area (Å²) < 4.78 is 5.54. The summed E-state index contributed by atoms with van der Waals surface area (Å²) >= 11 is 0. The molecule has 15 heavy (non-hydrogen) atoms. The van der Waals surface area contributed by atoms with Gasteiger partial charge in [-0.1, -0.05) is 0 Å². The number of carbonyl (C=O) groups is 1. The number of anilines is 1. The summed E-state index contributed by atoms with van der Waals surface area (Å²) in [5.74, 6) is 0.577. The lowest BCUT2D eigenvalue weighted by molar-refractivity contribution is 0.0732. The molecular formula is C11H14N2O2. The summed E-state index contributed by atoms with van der Waals surface area (Å²) in [6, 6.07) is 5.22. The van der Waals surface area contributed by atoms with Gasteiger partial charge in [0.25, 0.3) is 5.91 Å². The largest absolute Gasteiger partial charge is 0.491 e. The van der Waals surface area contributed by atoms with E-state index in [2.05, 4.69) is 0 Å². The van der Waals surface area contributed by atoms with Crippen molar-refractivity contribution in [2.24, 2.45) is 0 Å². The Morgan fingerprint density at radius 1 is 1.53 bits per heavy atom. The van der Waals surface area contributed by atoms with Crippen molar-refractivity contribution in [3.8, 4) is 5.75 Å². The van der Waals surface area contributed by atoms with Crippen LogP contribution in [0.25, 0.3) is 0 Å². The predicted octanol–water partition coefficient (Wildman–Crippen LogP) is 1.12. The van der Waals surface area contributed by atoms with Gasteiger partial charge in [-0.3, -0.25) is 4.79 Å². The Balaban J connectivity index is 2.48. The summed E-state index contributed by atoms with van der Waals surface area (Å²) in [7, 11) is 1.77. The summed E-state index contributed by atoms with van der Waals surface area (Å²) in [6.45, 7) is 2.46. The SMILES string of the molecule is CC1COc2ccc(N)cc2C(=O)N1C.